The van der Waals surface area contributed by atoms with Gasteiger partial charge in [0.2, 0.25) is 0 Å². The number of benzene rings is 2. The van der Waals surface area contributed by atoms with Crippen LogP contribution in [0.5, 0.6) is 5.75 Å². The molecule has 10 heteroatoms. The first-order valence-electron chi connectivity index (χ1n) is 9.93. The van der Waals surface area contributed by atoms with Crippen LogP contribution in [0.15, 0.2) is 42.5 Å². The predicted octanol–water partition coefficient (Wildman–Crippen LogP) is -1.73. The van der Waals surface area contributed by atoms with E-state index in [1.165, 1.54) is 0 Å². The Labute approximate surface area is 184 Å². The number of para-hydroxylation sites is 1. The number of aliphatic hydroxyl groups is 3. The molecule has 0 aliphatic rings. The van der Waals surface area contributed by atoms with Crippen LogP contribution in [-0.4, -0.2) is 69.7 Å². The summed E-state index contributed by atoms with van der Waals surface area (Å²) in [5, 5.41) is 51.2. The number of aliphatic carboxylic acids is 2. The van der Waals surface area contributed by atoms with Gasteiger partial charge in [0, 0.05) is 28.9 Å². The fourth-order valence-electron chi connectivity index (χ4n) is 2.86. The molecule has 32 heavy (non-hydrogen) atoms. The number of carbonyl (C=O) groups is 2. The number of hydrogen-bond donors (Lipinski definition) is 5. The number of hydrogen-bond acceptors (Lipinski definition) is 9. The van der Waals surface area contributed by atoms with Crippen molar-refractivity contribution in [1.82, 2.24) is 10.3 Å². The number of carboxylic acids is 2. The Kier molecular flexibility index (Phi) is 8.97. The van der Waals surface area contributed by atoms with E-state index >= 15 is 0 Å². The third-order valence-corrected chi connectivity index (χ3v) is 4.47. The first-order valence-corrected chi connectivity index (χ1v) is 9.93. The summed E-state index contributed by atoms with van der Waals surface area (Å²) in [6.07, 6.45) is -5.40. The van der Waals surface area contributed by atoms with Gasteiger partial charge in [-0.2, -0.15) is 0 Å². The molecule has 0 amide bonds. The summed E-state index contributed by atoms with van der Waals surface area (Å²) in [6, 6.07) is 14.5. The number of nitrogens with one attached hydrogen (secondary N) is 2. The van der Waals surface area contributed by atoms with Crippen molar-refractivity contribution in [3.05, 3.63) is 42.5 Å². The van der Waals surface area contributed by atoms with E-state index in [0.717, 1.165) is 27.6 Å². The van der Waals surface area contributed by atoms with Crippen LogP contribution in [0.2, 0.25) is 0 Å². The predicted molar refractivity (Wildman–Crippen MR) is 112 cm³/mol. The van der Waals surface area contributed by atoms with Crippen LogP contribution in [0.4, 0.5) is 0 Å². The summed E-state index contributed by atoms with van der Waals surface area (Å²) >= 11 is 0. The Morgan fingerprint density at radius 2 is 1.56 bits per heavy atom. The van der Waals surface area contributed by atoms with Gasteiger partial charge >= 0.3 is 0 Å². The van der Waals surface area contributed by atoms with Crippen molar-refractivity contribution in [2.75, 3.05) is 13.2 Å². The van der Waals surface area contributed by atoms with Gasteiger partial charge in [0.25, 0.3) is 0 Å². The van der Waals surface area contributed by atoms with E-state index in [4.69, 9.17) is 14.9 Å². The van der Waals surface area contributed by atoms with E-state index < -0.39 is 30.3 Å². The van der Waals surface area contributed by atoms with Gasteiger partial charge in [-0.1, -0.05) is 38.1 Å². The molecule has 174 valence electrons. The second-order valence-electron chi connectivity index (χ2n) is 7.40. The van der Waals surface area contributed by atoms with Crippen LogP contribution < -0.4 is 20.3 Å². The van der Waals surface area contributed by atoms with Crippen molar-refractivity contribution in [2.24, 2.45) is 0 Å². The molecule has 2 aromatic carbocycles. The minimum atomic E-state index is -2.44. The molecule has 0 radical (unpaired) electrons. The van der Waals surface area contributed by atoms with Gasteiger partial charge in [0.1, 0.15) is 30.7 Å². The Hall–Kier alpha value is -3.18. The highest BCUT2D eigenvalue weighted by molar-refractivity contribution is 6.10. The Balaban J connectivity index is 0.000000309. The zero-order valence-electron chi connectivity index (χ0n) is 17.6. The highest BCUT2D eigenvalue weighted by Gasteiger charge is 2.17. The molecule has 0 saturated heterocycles. The first kappa shape index (κ1) is 25.1. The molecule has 0 saturated carbocycles. The second kappa shape index (κ2) is 11.4. The van der Waals surface area contributed by atoms with E-state index in [1.54, 1.807) is 0 Å². The Morgan fingerprint density at radius 1 is 0.969 bits per heavy atom. The summed E-state index contributed by atoms with van der Waals surface area (Å²) in [5.74, 6) is -3.31. The zero-order chi connectivity index (χ0) is 23.8. The lowest BCUT2D eigenvalue weighted by Crippen LogP contribution is -2.51. The fourth-order valence-corrected chi connectivity index (χ4v) is 2.86. The molecule has 0 spiro atoms. The van der Waals surface area contributed by atoms with Gasteiger partial charge in [0.15, 0.2) is 0 Å². The van der Waals surface area contributed by atoms with E-state index in [0.29, 0.717) is 12.6 Å². The zero-order valence-corrected chi connectivity index (χ0v) is 17.6. The van der Waals surface area contributed by atoms with Crippen molar-refractivity contribution in [1.29, 1.82) is 0 Å². The van der Waals surface area contributed by atoms with E-state index in [1.807, 2.05) is 30.3 Å². The van der Waals surface area contributed by atoms with Gasteiger partial charge < -0.3 is 50.2 Å². The smallest absolute Gasteiger partial charge is 0.129 e. The number of rotatable bonds is 9. The quantitative estimate of drug-likeness (QED) is 0.255. The molecule has 0 fully saturated rings. The number of carboxylic acid groups (broad SMARTS) is 2. The molecular formula is C22H26N2O8-2. The van der Waals surface area contributed by atoms with Crippen LogP contribution >= 0.6 is 0 Å². The summed E-state index contributed by atoms with van der Waals surface area (Å²) in [6.45, 7) is 4.92. The number of carbonyl (C=O) groups excluding carboxylic acids is 2. The third kappa shape index (κ3) is 6.66. The van der Waals surface area contributed by atoms with Gasteiger partial charge in [-0.3, -0.25) is 0 Å². The van der Waals surface area contributed by atoms with Crippen molar-refractivity contribution in [3.63, 3.8) is 0 Å². The van der Waals surface area contributed by atoms with Gasteiger partial charge in [-0.05, 0) is 18.2 Å². The molecule has 0 aliphatic carbocycles. The number of ether oxygens (including phenoxy) is 1. The minimum Gasteiger partial charge on any atom is -0.547 e. The molecule has 3 rings (SSSR count). The average molecular weight is 446 g/mol. The maximum absolute atomic E-state index is 10.0. The minimum absolute atomic E-state index is 0.276. The molecule has 3 atom stereocenters. The number of fused-ring (bicyclic) bond motifs is 3. The molecule has 10 nitrogen and oxygen atoms in total. The van der Waals surface area contributed by atoms with E-state index in [-0.39, 0.29) is 6.61 Å². The third-order valence-electron chi connectivity index (χ3n) is 4.47. The lowest BCUT2D eigenvalue weighted by Gasteiger charge is -2.18. The van der Waals surface area contributed by atoms with E-state index in [2.05, 4.69) is 36.3 Å². The topological polar surface area (TPSA) is 178 Å². The second-order valence-corrected chi connectivity index (χ2v) is 7.40. The number of aliphatic hydroxyl groups excluding tert-OH is 3. The summed E-state index contributed by atoms with van der Waals surface area (Å²) in [5.41, 5.74) is 2.14. The van der Waals surface area contributed by atoms with Crippen LogP contribution in [0.1, 0.15) is 13.8 Å². The molecule has 0 aliphatic heterocycles. The van der Waals surface area contributed by atoms with Crippen LogP contribution in [0.25, 0.3) is 21.8 Å². The highest BCUT2D eigenvalue weighted by atomic mass is 16.5. The first-order chi connectivity index (χ1) is 15.1. The van der Waals surface area contributed by atoms with Crippen LogP contribution in [0, 0.1) is 0 Å². The van der Waals surface area contributed by atoms with Crippen molar-refractivity contribution in [3.8, 4) is 5.75 Å². The van der Waals surface area contributed by atoms with Crippen LogP contribution in [-0.2, 0) is 9.59 Å². The SMILES string of the molecule is CC(C)NC[C@H](O)COc1cccc2[nH]c3ccccc3c12.O=C([O-])C(O)C(O)C(=O)[O-]. The Bertz CT molecular complexity index is 1030. The molecule has 3 aromatic rings. The molecule has 2 unspecified atom stereocenters. The highest BCUT2D eigenvalue weighted by Crippen LogP contribution is 2.32. The number of aromatic nitrogens is 1. The molecular weight excluding hydrogens is 420 g/mol. The maximum atomic E-state index is 10.0. The fraction of sp³-hybridized carbons (Fsp3) is 0.364. The van der Waals surface area contributed by atoms with Crippen molar-refractivity contribution in [2.45, 2.75) is 38.2 Å². The summed E-state index contributed by atoms with van der Waals surface area (Å²) in [7, 11) is 0. The standard InChI is InChI=1S/C18H22N2O2.C4H6O6/c1-12(2)19-10-13(21)11-22-17-9-5-8-16-18(17)14-6-3-4-7-15(14)20-16;5-1(3(7)8)2(6)4(9)10/h3-9,12-13,19-21H,10-11H2,1-2H3;1-2,5-6H,(H,7,8)(H,9,10)/p-2/t13-;/m0./s1. The van der Waals surface area contributed by atoms with Crippen molar-refractivity contribution < 1.29 is 39.9 Å². The largest absolute Gasteiger partial charge is 0.547 e. The summed E-state index contributed by atoms with van der Waals surface area (Å²) in [4.78, 5) is 22.7. The number of H-pyrrole nitrogens is 1. The molecule has 0 bridgehead atoms. The lowest BCUT2D eigenvalue weighted by atomic mass is 10.1. The Morgan fingerprint density at radius 3 is 2.16 bits per heavy atom. The molecule has 1 aromatic heterocycles. The molecule has 5 N–H and O–H groups in total. The maximum Gasteiger partial charge on any atom is 0.129 e. The average Bonchev–Trinajstić information content (AvgIpc) is 3.14. The van der Waals surface area contributed by atoms with Gasteiger partial charge in [-0.25, -0.2) is 0 Å². The van der Waals surface area contributed by atoms with Crippen molar-refractivity contribution >= 4 is 33.7 Å². The monoisotopic (exact) mass is 446 g/mol. The van der Waals surface area contributed by atoms with Crippen LogP contribution in [0.3, 0.4) is 0 Å². The normalized spacial score (nSPS) is 13.9. The van der Waals surface area contributed by atoms with E-state index in [9.17, 15) is 24.9 Å². The summed E-state index contributed by atoms with van der Waals surface area (Å²) < 4.78 is 5.87. The van der Waals surface area contributed by atoms with Gasteiger partial charge in [-0.15, -0.1) is 0 Å². The molecule has 1 heterocycles. The lowest BCUT2D eigenvalue weighted by molar-refractivity contribution is -0.333. The number of aromatic amines is 1. The van der Waals surface area contributed by atoms with Gasteiger partial charge in [0.05, 0.1) is 17.5 Å².